The van der Waals surface area contributed by atoms with Crippen molar-refractivity contribution < 1.29 is 14.3 Å². The maximum absolute atomic E-state index is 13.8. The van der Waals surface area contributed by atoms with Crippen molar-refractivity contribution in [2.75, 3.05) is 6.61 Å². The monoisotopic (exact) mass is 472 g/mol. The summed E-state index contributed by atoms with van der Waals surface area (Å²) in [7, 11) is 0. The van der Waals surface area contributed by atoms with Gasteiger partial charge in [0, 0.05) is 17.4 Å². The number of nitrogens with zero attached hydrogens (tertiary/aromatic N) is 2. The van der Waals surface area contributed by atoms with Crippen molar-refractivity contribution in [3.8, 4) is 5.75 Å². The molecule has 8 rings (SSSR count). The molecule has 2 atom stereocenters. The first kappa shape index (κ1) is 21.1. The Bertz CT molecular complexity index is 1470. The van der Waals surface area contributed by atoms with Gasteiger partial charge in [0.2, 0.25) is 0 Å². The van der Waals surface area contributed by atoms with Crippen molar-refractivity contribution in [2.24, 2.45) is 16.9 Å². The van der Waals surface area contributed by atoms with Gasteiger partial charge in [0.1, 0.15) is 5.75 Å². The van der Waals surface area contributed by atoms with Gasteiger partial charge in [0.15, 0.2) is 0 Å². The van der Waals surface area contributed by atoms with E-state index in [0.29, 0.717) is 12.4 Å². The lowest BCUT2D eigenvalue weighted by molar-refractivity contribution is -0.139. The van der Waals surface area contributed by atoms with E-state index in [2.05, 4.69) is 29.4 Å². The van der Waals surface area contributed by atoms with Crippen molar-refractivity contribution >= 4 is 28.8 Å². The van der Waals surface area contributed by atoms with Crippen LogP contribution in [0.2, 0.25) is 0 Å². The van der Waals surface area contributed by atoms with Gasteiger partial charge in [-0.25, -0.2) is 0 Å². The Morgan fingerprint density at radius 2 is 1.28 bits per heavy atom. The molecule has 4 aliphatic rings. The number of carbonyl (C=O) groups is 2. The molecule has 4 aromatic carbocycles. The average molecular weight is 473 g/mol. The van der Waals surface area contributed by atoms with Crippen LogP contribution < -0.4 is 4.74 Å². The summed E-state index contributed by atoms with van der Waals surface area (Å²) in [6, 6.07) is 28.4. The molecule has 0 saturated carbocycles. The number of hydrazone groups is 1. The lowest BCUT2D eigenvalue weighted by Crippen LogP contribution is -2.41. The smallest absolute Gasteiger partial charge is 0.254 e. The zero-order chi connectivity index (χ0) is 24.4. The zero-order valence-corrected chi connectivity index (χ0v) is 19.8. The molecule has 1 aliphatic heterocycles. The van der Waals surface area contributed by atoms with Crippen molar-refractivity contribution in [1.29, 1.82) is 0 Å². The minimum Gasteiger partial charge on any atom is -0.493 e. The molecule has 1 saturated heterocycles. The molecule has 2 amide bonds. The Kier molecular flexibility index (Phi) is 4.61. The van der Waals surface area contributed by atoms with E-state index in [4.69, 9.17) is 4.74 Å². The molecule has 1 heterocycles. The minimum absolute atomic E-state index is 0.138. The van der Waals surface area contributed by atoms with Gasteiger partial charge in [0.05, 0.1) is 24.7 Å². The van der Waals surface area contributed by atoms with E-state index in [9.17, 15) is 9.59 Å². The van der Waals surface area contributed by atoms with Gasteiger partial charge in [-0.2, -0.15) is 10.1 Å². The highest BCUT2D eigenvalue weighted by Crippen LogP contribution is 2.60. The predicted molar refractivity (Wildman–Crippen MR) is 138 cm³/mol. The molecule has 5 heteroatoms. The summed E-state index contributed by atoms with van der Waals surface area (Å²) in [5, 5.41) is 7.64. The number of hydrogen-bond acceptors (Lipinski definition) is 4. The van der Waals surface area contributed by atoms with Crippen LogP contribution in [0.1, 0.15) is 46.6 Å². The Hall–Kier alpha value is -4.25. The number of carbonyl (C=O) groups excluding carboxylic acids is 2. The molecule has 0 aromatic heterocycles. The summed E-state index contributed by atoms with van der Waals surface area (Å²) >= 11 is 0. The fourth-order valence-electron chi connectivity index (χ4n) is 6.58. The normalized spacial score (nSPS) is 23.8. The summed E-state index contributed by atoms with van der Waals surface area (Å²) < 4.78 is 5.86. The van der Waals surface area contributed by atoms with Gasteiger partial charge in [-0.05, 0) is 46.0 Å². The van der Waals surface area contributed by atoms with E-state index in [1.165, 1.54) is 0 Å². The quantitative estimate of drug-likeness (QED) is 0.293. The highest BCUT2D eigenvalue weighted by atomic mass is 16.5. The second-order valence-electron chi connectivity index (χ2n) is 9.63. The lowest BCUT2D eigenvalue weighted by atomic mass is 9.55. The van der Waals surface area contributed by atoms with Crippen LogP contribution in [0.4, 0.5) is 0 Å². The maximum atomic E-state index is 13.8. The van der Waals surface area contributed by atoms with Crippen molar-refractivity contribution in [1.82, 2.24) is 5.01 Å². The average Bonchev–Trinajstić information content (AvgIpc) is 3.18. The number of rotatable bonds is 4. The molecule has 36 heavy (non-hydrogen) atoms. The first-order valence-corrected chi connectivity index (χ1v) is 12.4. The van der Waals surface area contributed by atoms with Crippen molar-refractivity contribution in [2.45, 2.75) is 18.8 Å². The van der Waals surface area contributed by atoms with Crippen LogP contribution in [0.25, 0.3) is 10.8 Å². The maximum Gasteiger partial charge on any atom is 0.254 e. The van der Waals surface area contributed by atoms with E-state index in [-0.39, 0.29) is 23.7 Å². The summed E-state index contributed by atoms with van der Waals surface area (Å²) in [6.45, 7) is 2.43. The Balaban J connectivity index is 1.33. The van der Waals surface area contributed by atoms with Gasteiger partial charge in [0.25, 0.3) is 11.8 Å². The van der Waals surface area contributed by atoms with Gasteiger partial charge >= 0.3 is 0 Å². The van der Waals surface area contributed by atoms with Crippen LogP contribution in [0.5, 0.6) is 5.75 Å². The molecule has 176 valence electrons. The summed E-state index contributed by atoms with van der Waals surface area (Å²) in [5.74, 6) is -0.930. The fourth-order valence-corrected chi connectivity index (χ4v) is 6.58. The van der Waals surface area contributed by atoms with E-state index in [1.807, 2.05) is 67.6 Å². The third-order valence-electron chi connectivity index (χ3n) is 7.96. The molecule has 4 aromatic rings. The largest absolute Gasteiger partial charge is 0.493 e. The topological polar surface area (TPSA) is 59.0 Å². The summed E-state index contributed by atoms with van der Waals surface area (Å²) in [5.41, 5.74) is 5.38. The van der Waals surface area contributed by atoms with E-state index < -0.39 is 11.8 Å². The van der Waals surface area contributed by atoms with Crippen LogP contribution >= 0.6 is 0 Å². The second-order valence-corrected chi connectivity index (χ2v) is 9.63. The fraction of sp³-hybridized carbons (Fsp3) is 0.194. The van der Waals surface area contributed by atoms with Crippen molar-refractivity contribution in [3.05, 3.63) is 113 Å². The van der Waals surface area contributed by atoms with E-state index in [0.717, 1.165) is 43.6 Å². The number of fused-ring (bicyclic) bond motifs is 1. The predicted octanol–water partition coefficient (Wildman–Crippen LogP) is 5.46. The number of hydrogen-bond donors (Lipinski definition) is 0. The van der Waals surface area contributed by atoms with Crippen LogP contribution in [0.15, 0.2) is 90.0 Å². The molecular formula is C31H24N2O3. The number of benzene rings is 4. The van der Waals surface area contributed by atoms with Crippen molar-refractivity contribution in [3.63, 3.8) is 0 Å². The first-order valence-electron chi connectivity index (χ1n) is 12.4. The highest BCUT2D eigenvalue weighted by molar-refractivity contribution is 6.09. The molecule has 0 unspecified atom stereocenters. The molecule has 0 spiro atoms. The molecule has 0 N–H and O–H groups in total. The Morgan fingerprint density at radius 3 is 1.83 bits per heavy atom. The van der Waals surface area contributed by atoms with Gasteiger partial charge < -0.3 is 4.74 Å². The van der Waals surface area contributed by atoms with Crippen LogP contribution in [-0.4, -0.2) is 29.6 Å². The summed E-state index contributed by atoms with van der Waals surface area (Å²) in [4.78, 5) is 27.6. The number of imide groups is 1. The molecular weight excluding hydrogens is 448 g/mol. The molecule has 1 fully saturated rings. The Labute approximate surface area is 209 Å². The SMILES string of the molecule is CCOc1ccc2ccccc2c1/C=N\N1C(=O)[C@@H]2C3c4ccccc4C(c4ccccc43)[C@@H]2C1=O. The lowest BCUT2D eigenvalue weighted by Gasteiger charge is -2.45. The highest BCUT2D eigenvalue weighted by Gasteiger charge is 2.61. The first-order chi connectivity index (χ1) is 17.7. The van der Waals surface area contributed by atoms with E-state index in [1.54, 1.807) is 6.21 Å². The Morgan fingerprint density at radius 1 is 0.750 bits per heavy atom. The number of amides is 2. The second kappa shape index (κ2) is 7.89. The van der Waals surface area contributed by atoms with E-state index >= 15 is 0 Å². The third kappa shape index (κ3) is 2.80. The minimum atomic E-state index is -0.441. The van der Waals surface area contributed by atoms with Gasteiger partial charge in [-0.3, -0.25) is 9.59 Å². The van der Waals surface area contributed by atoms with Crippen LogP contribution in [0, 0.1) is 11.8 Å². The van der Waals surface area contributed by atoms with Crippen LogP contribution in [-0.2, 0) is 9.59 Å². The molecule has 2 bridgehead atoms. The number of ether oxygens (including phenoxy) is 1. The van der Waals surface area contributed by atoms with Gasteiger partial charge in [-0.15, -0.1) is 0 Å². The van der Waals surface area contributed by atoms with Gasteiger partial charge in [-0.1, -0.05) is 78.9 Å². The third-order valence-corrected chi connectivity index (χ3v) is 7.96. The van der Waals surface area contributed by atoms with Crippen LogP contribution in [0.3, 0.4) is 0 Å². The molecule has 5 nitrogen and oxygen atoms in total. The zero-order valence-electron chi connectivity index (χ0n) is 19.8. The standard InChI is InChI=1S/C31H24N2O3/c1-2-36-25-16-15-18-9-3-4-10-19(18)24(25)17-32-33-30(34)28-26-20-11-5-6-12-21(20)27(29(28)31(33)35)23-14-8-7-13-22(23)26/h3-17,26-29H,2H2,1H3/b32-17-/t26?,27?,28-,29+. The molecule has 0 radical (unpaired) electrons. The molecule has 3 aliphatic carbocycles. The summed E-state index contributed by atoms with van der Waals surface area (Å²) in [6.07, 6.45) is 1.61.